The lowest BCUT2D eigenvalue weighted by Crippen LogP contribution is -2.14. The minimum Gasteiger partial charge on any atom is -0.494 e. The second-order valence-corrected chi connectivity index (χ2v) is 4.91. The van der Waals surface area contributed by atoms with Gasteiger partial charge in [0, 0.05) is 0 Å². The van der Waals surface area contributed by atoms with E-state index < -0.39 is 11.9 Å². The molecule has 0 heterocycles. The van der Waals surface area contributed by atoms with Crippen molar-refractivity contribution in [3.8, 4) is 11.8 Å². The van der Waals surface area contributed by atoms with Crippen LogP contribution in [0.2, 0.25) is 0 Å². The van der Waals surface area contributed by atoms with E-state index in [-0.39, 0.29) is 0 Å². The number of carboxylic acid groups (broad SMARTS) is 1. The third-order valence-corrected chi connectivity index (χ3v) is 3.39. The molecule has 2 rings (SSSR count). The monoisotopic (exact) mass is 295 g/mol. The molecule has 1 N–H and O–H groups in total. The maximum absolute atomic E-state index is 11.6. The van der Waals surface area contributed by atoms with Crippen LogP contribution in [-0.4, -0.2) is 17.7 Å². The maximum atomic E-state index is 11.6. The lowest BCUT2D eigenvalue weighted by atomic mass is 9.91. The van der Waals surface area contributed by atoms with E-state index in [4.69, 9.17) is 10.00 Å². The molecule has 0 fully saturated rings. The fourth-order valence-corrected chi connectivity index (χ4v) is 2.31. The Labute approximate surface area is 129 Å². The summed E-state index contributed by atoms with van der Waals surface area (Å²) in [6, 6.07) is 16.2. The number of nitriles is 1. The van der Waals surface area contributed by atoms with Crippen LogP contribution in [0.4, 0.5) is 0 Å². The van der Waals surface area contributed by atoms with Crippen LogP contribution in [0.25, 0.3) is 0 Å². The van der Waals surface area contributed by atoms with Gasteiger partial charge in [0.15, 0.2) is 0 Å². The van der Waals surface area contributed by atoms with Crippen molar-refractivity contribution in [1.29, 1.82) is 5.26 Å². The van der Waals surface area contributed by atoms with Gasteiger partial charge in [0.25, 0.3) is 0 Å². The van der Waals surface area contributed by atoms with Crippen molar-refractivity contribution in [2.24, 2.45) is 0 Å². The van der Waals surface area contributed by atoms with Gasteiger partial charge in [-0.05, 0) is 48.7 Å². The third kappa shape index (κ3) is 3.86. The van der Waals surface area contributed by atoms with Gasteiger partial charge in [0.05, 0.1) is 24.2 Å². The number of hydrogen-bond donors (Lipinski definition) is 1. The van der Waals surface area contributed by atoms with Crippen molar-refractivity contribution in [2.75, 3.05) is 6.61 Å². The second-order valence-electron chi connectivity index (χ2n) is 4.91. The molecule has 4 nitrogen and oxygen atoms in total. The first-order valence-electron chi connectivity index (χ1n) is 7.08. The molecule has 0 spiro atoms. The van der Waals surface area contributed by atoms with Crippen LogP contribution in [-0.2, 0) is 11.2 Å². The molecule has 2 aromatic carbocycles. The average Bonchev–Trinajstić information content (AvgIpc) is 2.54. The number of carboxylic acids is 1. The van der Waals surface area contributed by atoms with Crippen LogP contribution in [0.15, 0.2) is 48.5 Å². The summed E-state index contributed by atoms with van der Waals surface area (Å²) >= 11 is 0. The van der Waals surface area contributed by atoms with Crippen molar-refractivity contribution in [3.63, 3.8) is 0 Å². The summed E-state index contributed by atoms with van der Waals surface area (Å²) in [6.45, 7) is 2.47. The zero-order valence-corrected chi connectivity index (χ0v) is 12.3. The average molecular weight is 295 g/mol. The molecule has 112 valence electrons. The van der Waals surface area contributed by atoms with E-state index in [9.17, 15) is 9.90 Å². The topological polar surface area (TPSA) is 70.3 Å². The number of rotatable bonds is 6. The van der Waals surface area contributed by atoms with E-state index in [0.29, 0.717) is 18.6 Å². The Bertz CT molecular complexity index is 686. The summed E-state index contributed by atoms with van der Waals surface area (Å²) in [7, 11) is 0. The van der Waals surface area contributed by atoms with Crippen LogP contribution in [0, 0.1) is 11.3 Å². The molecule has 0 saturated carbocycles. The molecule has 0 saturated heterocycles. The zero-order chi connectivity index (χ0) is 15.9. The van der Waals surface area contributed by atoms with Gasteiger partial charge >= 0.3 is 5.97 Å². The lowest BCUT2D eigenvalue weighted by Gasteiger charge is -2.14. The first kappa shape index (κ1) is 15.6. The van der Waals surface area contributed by atoms with Gasteiger partial charge in [0.1, 0.15) is 5.75 Å². The number of nitrogens with zero attached hydrogens (tertiary/aromatic N) is 1. The van der Waals surface area contributed by atoms with Crippen molar-refractivity contribution >= 4 is 5.97 Å². The zero-order valence-electron chi connectivity index (χ0n) is 12.3. The Morgan fingerprint density at radius 3 is 2.59 bits per heavy atom. The number of benzene rings is 2. The first-order valence-corrected chi connectivity index (χ1v) is 7.08. The van der Waals surface area contributed by atoms with Crippen LogP contribution >= 0.6 is 0 Å². The SMILES string of the molecule is CCOc1ccc(C(Cc2cccc(C#N)c2)C(=O)O)cc1. The Kier molecular flexibility index (Phi) is 5.16. The lowest BCUT2D eigenvalue weighted by molar-refractivity contribution is -0.138. The first-order chi connectivity index (χ1) is 10.6. The number of aliphatic carboxylic acids is 1. The standard InChI is InChI=1S/C18H17NO3/c1-2-22-16-8-6-15(7-9-16)17(18(20)21)11-13-4-3-5-14(10-13)12-19/h3-10,17H,2,11H2,1H3,(H,20,21). The summed E-state index contributed by atoms with van der Waals surface area (Å²) in [5.41, 5.74) is 2.09. The Morgan fingerprint density at radius 1 is 1.27 bits per heavy atom. The molecule has 4 heteroatoms. The smallest absolute Gasteiger partial charge is 0.311 e. The molecule has 1 unspecified atom stereocenters. The van der Waals surface area contributed by atoms with E-state index in [2.05, 4.69) is 6.07 Å². The summed E-state index contributed by atoms with van der Waals surface area (Å²) < 4.78 is 5.37. The van der Waals surface area contributed by atoms with E-state index >= 15 is 0 Å². The predicted octanol–water partition coefficient (Wildman–Crippen LogP) is 3.37. The fourth-order valence-electron chi connectivity index (χ4n) is 2.31. The van der Waals surface area contributed by atoms with Gasteiger partial charge in [-0.1, -0.05) is 24.3 Å². The molecule has 0 aliphatic rings. The highest BCUT2D eigenvalue weighted by Crippen LogP contribution is 2.24. The molecule has 0 aliphatic heterocycles. The third-order valence-electron chi connectivity index (χ3n) is 3.39. The van der Waals surface area contributed by atoms with Crippen LogP contribution < -0.4 is 4.74 Å². The fraction of sp³-hybridized carbons (Fsp3) is 0.222. The van der Waals surface area contributed by atoms with E-state index in [1.807, 2.05) is 13.0 Å². The van der Waals surface area contributed by atoms with E-state index in [1.165, 1.54) is 0 Å². The Hall–Kier alpha value is -2.80. The molecule has 1 atom stereocenters. The molecular formula is C18H17NO3. The van der Waals surface area contributed by atoms with Gasteiger partial charge in [-0.25, -0.2) is 0 Å². The van der Waals surface area contributed by atoms with Crippen molar-refractivity contribution in [1.82, 2.24) is 0 Å². The van der Waals surface area contributed by atoms with Crippen LogP contribution in [0.1, 0.15) is 29.5 Å². The molecule has 0 bridgehead atoms. The number of hydrogen-bond acceptors (Lipinski definition) is 3. The highest BCUT2D eigenvalue weighted by atomic mass is 16.5. The highest BCUT2D eigenvalue weighted by Gasteiger charge is 2.20. The van der Waals surface area contributed by atoms with E-state index in [1.54, 1.807) is 42.5 Å². The van der Waals surface area contributed by atoms with Crippen LogP contribution in [0.3, 0.4) is 0 Å². The van der Waals surface area contributed by atoms with Gasteiger partial charge in [-0.15, -0.1) is 0 Å². The number of ether oxygens (including phenoxy) is 1. The van der Waals surface area contributed by atoms with E-state index in [0.717, 1.165) is 16.9 Å². The molecular weight excluding hydrogens is 278 g/mol. The van der Waals surface area contributed by atoms with Gasteiger partial charge < -0.3 is 9.84 Å². The quantitative estimate of drug-likeness (QED) is 0.887. The molecule has 0 amide bonds. The van der Waals surface area contributed by atoms with Crippen molar-refractivity contribution in [3.05, 3.63) is 65.2 Å². The minimum absolute atomic E-state index is 0.346. The summed E-state index contributed by atoms with van der Waals surface area (Å²) in [4.78, 5) is 11.6. The molecule has 2 aromatic rings. The predicted molar refractivity (Wildman–Crippen MR) is 82.8 cm³/mol. The van der Waals surface area contributed by atoms with Crippen molar-refractivity contribution < 1.29 is 14.6 Å². The summed E-state index contributed by atoms with van der Waals surface area (Å²) in [6.07, 6.45) is 0.346. The largest absolute Gasteiger partial charge is 0.494 e. The molecule has 0 radical (unpaired) electrons. The molecule has 0 aromatic heterocycles. The molecule has 22 heavy (non-hydrogen) atoms. The Morgan fingerprint density at radius 2 is 2.00 bits per heavy atom. The highest BCUT2D eigenvalue weighted by molar-refractivity contribution is 5.76. The maximum Gasteiger partial charge on any atom is 0.311 e. The Balaban J connectivity index is 2.22. The van der Waals surface area contributed by atoms with Crippen LogP contribution in [0.5, 0.6) is 5.75 Å². The van der Waals surface area contributed by atoms with Gasteiger partial charge in [0.2, 0.25) is 0 Å². The van der Waals surface area contributed by atoms with Crippen molar-refractivity contribution in [2.45, 2.75) is 19.3 Å². The van der Waals surface area contributed by atoms with Gasteiger partial charge in [-0.2, -0.15) is 5.26 Å². The number of carbonyl (C=O) groups is 1. The molecule has 0 aliphatic carbocycles. The second kappa shape index (κ2) is 7.28. The van der Waals surface area contributed by atoms with Gasteiger partial charge in [-0.3, -0.25) is 4.79 Å². The summed E-state index contributed by atoms with van der Waals surface area (Å²) in [5.74, 6) is -0.807. The normalized spacial score (nSPS) is 11.5. The summed E-state index contributed by atoms with van der Waals surface area (Å²) in [5, 5.41) is 18.4. The minimum atomic E-state index is -0.883.